The summed E-state index contributed by atoms with van der Waals surface area (Å²) in [6, 6.07) is 5.37. The Bertz CT molecular complexity index is 1180. The smallest absolute Gasteiger partial charge is 0.267 e. The summed E-state index contributed by atoms with van der Waals surface area (Å²) >= 11 is 13.5. The molecule has 0 unspecified atom stereocenters. The fourth-order valence-corrected chi connectivity index (χ4v) is 4.78. The Morgan fingerprint density at radius 2 is 1.94 bits per heavy atom. The molecule has 1 fully saturated rings. The molecule has 3 aromatic rings. The zero-order valence-corrected chi connectivity index (χ0v) is 21.1. The zero-order chi connectivity index (χ0) is 24.2. The molecule has 2 aromatic heterocycles. The molecule has 0 bridgehead atoms. The topological polar surface area (TPSA) is 107 Å². The lowest BCUT2D eigenvalue weighted by Crippen LogP contribution is -2.47. The number of nitrogens with zero attached hydrogens (tertiary/aromatic N) is 5. The number of β-amino-alcohol motifs (C(OH)–C–C–N with tert-alkyl or cyclic N) is 1. The Labute approximate surface area is 211 Å². The molecule has 1 aromatic carbocycles. The number of amides is 1. The first-order valence-electron chi connectivity index (χ1n) is 10.8. The van der Waals surface area contributed by atoms with Gasteiger partial charge in [0.05, 0.1) is 28.5 Å². The van der Waals surface area contributed by atoms with Gasteiger partial charge in [0, 0.05) is 38.8 Å². The quantitative estimate of drug-likeness (QED) is 0.428. The molecule has 0 aliphatic carbocycles. The number of carbonyl (C=O) groups is 1. The third-order valence-electron chi connectivity index (χ3n) is 5.44. The molecular weight excluding hydrogens is 497 g/mol. The third kappa shape index (κ3) is 5.76. The Hall–Kier alpha value is -2.50. The van der Waals surface area contributed by atoms with E-state index in [-0.39, 0.29) is 12.5 Å². The first-order chi connectivity index (χ1) is 16.3. The Morgan fingerprint density at radius 3 is 2.68 bits per heavy atom. The van der Waals surface area contributed by atoms with Crippen LogP contribution in [0, 0.1) is 13.8 Å². The van der Waals surface area contributed by atoms with Gasteiger partial charge in [0.15, 0.2) is 5.13 Å². The van der Waals surface area contributed by atoms with Gasteiger partial charge >= 0.3 is 0 Å². The number of halogens is 2. The second-order valence-electron chi connectivity index (χ2n) is 7.87. The first kappa shape index (κ1) is 24.6. The van der Waals surface area contributed by atoms with Crippen LogP contribution in [0.15, 0.2) is 24.4 Å². The minimum absolute atomic E-state index is 0.167. The molecular formula is C22H25Cl2N7O2S. The maximum atomic E-state index is 12.8. The van der Waals surface area contributed by atoms with Gasteiger partial charge in [-0.05, 0) is 25.5 Å². The van der Waals surface area contributed by atoms with E-state index in [2.05, 4.69) is 35.4 Å². The molecule has 1 saturated heterocycles. The summed E-state index contributed by atoms with van der Waals surface area (Å²) < 4.78 is 0. The average Bonchev–Trinajstić information content (AvgIpc) is 3.28. The van der Waals surface area contributed by atoms with Crippen molar-refractivity contribution in [2.24, 2.45) is 0 Å². The predicted octanol–water partition coefficient (Wildman–Crippen LogP) is 3.97. The summed E-state index contributed by atoms with van der Waals surface area (Å²) in [7, 11) is 0. The van der Waals surface area contributed by atoms with Crippen molar-refractivity contribution in [3.63, 3.8) is 0 Å². The van der Waals surface area contributed by atoms with Gasteiger partial charge < -0.3 is 20.6 Å². The number of anilines is 4. The van der Waals surface area contributed by atoms with E-state index in [4.69, 9.17) is 28.3 Å². The Morgan fingerprint density at radius 1 is 1.18 bits per heavy atom. The lowest BCUT2D eigenvalue weighted by Gasteiger charge is -2.35. The van der Waals surface area contributed by atoms with Gasteiger partial charge in [0.25, 0.3) is 5.91 Å². The summed E-state index contributed by atoms with van der Waals surface area (Å²) in [5, 5.41) is 16.4. The highest BCUT2D eigenvalue weighted by Crippen LogP contribution is 2.33. The van der Waals surface area contributed by atoms with Crippen LogP contribution in [0.1, 0.15) is 21.1 Å². The number of nitrogens with one attached hydrogen (secondary N) is 2. The molecule has 4 rings (SSSR count). The molecule has 0 radical (unpaired) electrons. The van der Waals surface area contributed by atoms with Crippen molar-refractivity contribution in [1.29, 1.82) is 0 Å². The van der Waals surface area contributed by atoms with Crippen molar-refractivity contribution in [2.45, 2.75) is 13.8 Å². The molecule has 1 aliphatic heterocycles. The molecule has 1 aliphatic rings. The van der Waals surface area contributed by atoms with Gasteiger partial charge in [0.1, 0.15) is 22.3 Å². The summed E-state index contributed by atoms with van der Waals surface area (Å²) in [4.78, 5) is 31.0. The van der Waals surface area contributed by atoms with E-state index in [1.165, 1.54) is 17.5 Å². The van der Waals surface area contributed by atoms with Crippen LogP contribution in [0.4, 0.5) is 22.5 Å². The SMILES string of the molecule is Cc1nc(Nc2ncc(C(=O)Nc3c(C)ccc(Cl)c3Cl)s2)cc(N2CCN(CCO)CC2)n1. The highest BCUT2D eigenvalue weighted by Gasteiger charge is 2.19. The number of piperazine rings is 1. The summed E-state index contributed by atoms with van der Waals surface area (Å²) in [5.41, 5.74) is 1.30. The number of hydrogen-bond acceptors (Lipinski definition) is 9. The Kier molecular flexibility index (Phi) is 7.84. The average molecular weight is 522 g/mol. The second kappa shape index (κ2) is 10.8. The van der Waals surface area contributed by atoms with Gasteiger partial charge in [0.2, 0.25) is 0 Å². The number of aryl methyl sites for hydroxylation is 2. The van der Waals surface area contributed by atoms with Crippen LogP contribution in [0.3, 0.4) is 0 Å². The molecule has 3 N–H and O–H groups in total. The maximum Gasteiger partial charge on any atom is 0.267 e. The van der Waals surface area contributed by atoms with Crippen LogP contribution < -0.4 is 15.5 Å². The van der Waals surface area contributed by atoms with E-state index >= 15 is 0 Å². The van der Waals surface area contributed by atoms with Crippen molar-refractivity contribution < 1.29 is 9.90 Å². The molecule has 1 amide bonds. The minimum Gasteiger partial charge on any atom is -0.395 e. The molecule has 0 saturated carbocycles. The zero-order valence-electron chi connectivity index (χ0n) is 18.8. The predicted molar refractivity (Wildman–Crippen MR) is 137 cm³/mol. The van der Waals surface area contributed by atoms with Crippen LogP contribution in [-0.4, -0.2) is 70.2 Å². The number of aromatic nitrogens is 3. The molecule has 0 spiro atoms. The summed E-state index contributed by atoms with van der Waals surface area (Å²) in [5.74, 6) is 1.76. The standard InChI is InChI=1S/C22H25Cl2N7O2S/c1-13-3-4-15(23)19(24)20(13)29-21(33)16-12-25-22(34-16)28-17-11-18(27-14(2)26-17)31-7-5-30(6-8-31)9-10-32/h3-4,11-12,32H,5-10H2,1-2H3,(H,29,33)(H,25,26,27,28). The lowest BCUT2D eigenvalue weighted by molar-refractivity contribution is 0.103. The van der Waals surface area contributed by atoms with Crippen LogP contribution in [-0.2, 0) is 0 Å². The number of hydrogen-bond donors (Lipinski definition) is 3. The summed E-state index contributed by atoms with van der Waals surface area (Å²) in [6.07, 6.45) is 1.51. The monoisotopic (exact) mass is 521 g/mol. The molecule has 34 heavy (non-hydrogen) atoms. The third-order valence-corrected chi connectivity index (χ3v) is 7.16. The molecule has 180 valence electrons. The number of carbonyl (C=O) groups excluding carboxylic acids is 1. The van der Waals surface area contributed by atoms with Crippen LogP contribution >= 0.6 is 34.5 Å². The lowest BCUT2D eigenvalue weighted by atomic mass is 10.2. The van der Waals surface area contributed by atoms with Gasteiger partial charge in [-0.15, -0.1) is 0 Å². The summed E-state index contributed by atoms with van der Waals surface area (Å²) in [6.45, 7) is 7.92. The molecule has 9 nitrogen and oxygen atoms in total. The van der Waals surface area contributed by atoms with E-state index in [0.717, 1.165) is 37.6 Å². The number of thiazole rings is 1. The normalized spacial score (nSPS) is 14.3. The second-order valence-corrected chi connectivity index (χ2v) is 9.69. The van der Waals surface area contributed by atoms with E-state index in [0.29, 0.717) is 43.9 Å². The van der Waals surface area contributed by atoms with Crippen molar-refractivity contribution in [2.75, 3.05) is 54.9 Å². The molecule has 0 atom stereocenters. The number of benzene rings is 1. The molecule has 3 heterocycles. The first-order valence-corrected chi connectivity index (χ1v) is 12.3. The van der Waals surface area contributed by atoms with Crippen molar-refractivity contribution in [1.82, 2.24) is 19.9 Å². The van der Waals surface area contributed by atoms with E-state index in [1.54, 1.807) is 12.1 Å². The Balaban J connectivity index is 1.44. The van der Waals surface area contributed by atoms with Gasteiger partial charge in [-0.2, -0.15) is 0 Å². The number of aliphatic hydroxyl groups is 1. The van der Waals surface area contributed by atoms with E-state index in [9.17, 15) is 4.79 Å². The highest BCUT2D eigenvalue weighted by molar-refractivity contribution is 7.17. The van der Waals surface area contributed by atoms with E-state index < -0.39 is 0 Å². The van der Waals surface area contributed by atoms with Crippen LogP contribution in [0.5, 0.6) is 0 Å². The van der Waals surface area contributed by atoms with Gasteiger partial charge in [-0.25, -0.2) is 15.0 Å². The van der Waals surface area contributed by atoms with E-state index in [1.807, 2.05) is 19.9 Å². The van der Waals surface area contributed by atoms with Gasteiger partial charge in [-0.3, -0.25) is 9.69 Å². The van der Waals surface area contributed by atoms with Crippen molar-refractivity contribution in [3.8, 4) is 0 Å². The van der Waals surface area contributed by atoms with Gasteiger partial charge in [-0.1, -0.05) is 40.6 Å². The van der Waals surface area contributed by atoms with Crippen molar-refractivity contribution in [3.05, 3.63) is 50.7 Å². The highest BCUT2D eigenvalue weighted by atomic mass is 35.5. The minimum atomic E-state index is -0.321. The fourth-order valence-electron chi connectivity index (χ4n) is 3.64. The number of rotatable bonds is 7. The largest absolute Gasteiger partial charge is 0.395 e. The fraction of sp³-hybridized carbons (Fsp3) is 0.364. The van der Waals surface area contributed by atoms with Crippen LogP contribution in [0.2, 0.25) is 10.0 Å². The van der Waals surface area contributed by atoms with Crippen molar-refractivity contribution >= 4 is 62.9 Å². The maximum absolute atomic E-state index is 12.8. The number of aliphatic hydroxyl groups excluding tert-OH is 1. The molecule has 12 heteroatoms. The van der Waals surface area contributed by atoms with Crippen LogP contribution in [0.25, 0.3) is 0 Å².